The van der Waals surface area contributed by atoms with Crippen LogP contribution in [0.25, 0.3) is 6.08 Å². The lowest BCUT2D eigenvalue weighted by atomic mass is 10.2. The topological polar surface area (TPSA) is 24.9 Å². The first-order valence-electron chi connectivity index (χ1n) is 4.59. The number of nitrogens with zero attached hydrogens (tertiary/aromatic N) is 1. The van der Waals surface area contributed by atoms with E-state index in [2.05, 4.69) is 36.3 Å². The van der Waals surface area contributed by atoms with E-state index in [9.17, 15) is 0 Å². The third-order valence-electron chi connectivity index (χ3n) is 1.66. The zero-order chi connectivity index (χ0) is 9.52. The van der Waals surface area contributed by atoms with Crippen molar-refractivity contribution in [2.24, 2.45) is 0 Å². The molecule has 2 heteroatoms. The van der Waals surface area contributed by atoms with Crippen LogP contribution in [0, 0.1) is 0 Å². The number of nitrogens with one attached hydrogen (secondary N) is 1. The van der Waals surface area contributed by atoms with Crippen LogP contribution in [0.4, 0.5) is 0 Å². The number of hydrogen-bond acceptors (Lipinski definition) is 2. The van der Waals surface area contributed by atoms with Gasteiger partial charge in [-0.2, -0.15) is 0 Å². The van der Waals surface area contributed by atoms with Crippen LogP contribution >= 0.6 is 0 Å². The zero-order valence-electron chi connectivity index (χ0n) is 8.20. The zero-order valence-corrected chi connectivity index (χ0v) is 8.20. The van der Waals surface area contributed by atoms with E-state index in [0.29, 0.717) is 6.04 Å². The predicted molar refractivity (Wildman–Crippen MR) is 56.4 cm³/mol. The molecule has 0 saturated heterocycles. The molecule has 0 spiro atoms. The monoisotopic (exact) mass is 176 g/mol. The first-order valence-corrected chi connectivity index (χ1v) is 4.59. The summed E-state index contributed by atoms with van der Waals surface area (Å²) in [6, 6.07) is 4.53. The van der Waals surface area contributed by atoms with E-state index in [0.717, 1.165) is 6.54 Å². The van der Waals surface area contributed by atoms with Crippen molar-refractivity contribution in [3.05, 3.63) is 36.2 Å². The van der Waals surface area contributed by atoms with Crippen molar-refractivity contribution >= 4 is 6.08 Å². The molecule has 1 rings (SSSR count). The third kappa shape index (κ3) is 4.43. The van der Waals surface area contributed by atoms with Gasteiger partial charge in [-0.3, -0.25) is 4.98 Å². The number of aromatic nitrogens is 1. The molecular formula is C11H16N2. The van der Waals surface area contributed by atoms with Crippen LogP contribution in [0.2, 0.25) is 0 Å². The van der Waals surface area contributed by atoms with Crippen molar-refractivity contribution in [3.63, 3.8) is 0 Å². The van der Waals surface area contributed by atoms with Crippen molar-refractivity contribution < 1.29 is 0 Å². The van der Waals surface area contributed by atoms with Crippen molar-refractivity contribution in [2.75, 3.05) is 6.54 Å². The normalized spacial score (nSPS) is 11.3. The first-order chi connectivity index (χ1) is 6.29. The highest BCUT2D eigenvalue weighted by Crippen LogP contribution is 1.97. The minimum Gasteiger partial charge on any atom is -0.311 e. The van der Waals surface area contributed by atoms with Gasteiger partial charge < -0.3 is 5.32 Å². The molecule has 0 radical (unpaired) electrons. The molecule has 0 atom stereocenters. The lowest BCUT2D eigenvalue weighted by Gasteiger charge is -2.03. The van der Waals surface area contributed by atoms with Gasteiger partial charge in [-0.05, 0) is 17.7 Å². The molecule has 13 heavy (non-hydrogen) atoms. The molecular weight excluding hydrogens is 160 g/mol. The minimum atomic E-state index is 0.544. The first kappa shape index (κ1) is 9.93. The Morgan fingerprint density at radius 2 is 2.08 bits per heavy atom. The van der Waals surface area contributed by atoms with E-state index in [1.165, 1.54) is 5.56 Å². The molecule has 0 saturated carbocycles. The Bertz CT molecular complexity index is 252. The summed E-state index contributed by atoms with van der Waals surface area (Å²) < 4.78 is 0. The second-order valence-corrected chi connectivity index (χ2v) is 3.25. The SMILES string of the molecule is CC(C)NCC=Cc1ccncc1. The molecule has 0 bridgehead atoms. The third-order valence-corrected chi connectivity index (χ3v) is 1.66. The fourth-order valence-electron chi connectivity index (χ4n) is 0.973. The summed E-state index contributed by atoms with van der Waals surface area (Å²) in [5.74, 6) is 0. The molecule has 0 amide bonds. The van der Waals surface area contributed by atoms with Crippen LogP contribution < -0.4 is 5.32 Å². The number of hydrogen-bond donors (Lipinski definition) is 1. The van der Waals surface area contributed by atoms with Gasteiger partial charge in [-0.15, -0.1) is 0 Å². The van der Waals surface area contributed by atoms with Gasteiger partial charge in [0.2, 0.25) is 0 Å². The molecule has 1 aromatic rings. The van der Waals surface area contributed by atoms with Crippen molar-refractivity contribution in [1.29, 1.82) is 0 Å². The lowest BCUT2D eigenvalue weighted by molar-refractivity contribution is 0.633. The van der Waals surface area contributed by atoms with E-state index in [1.807, 2.05) is 12.1 Å². The van der Waals surface area contributed by atoms with Crippen LogP contribution in [0.15, 0.2) is 30.6 Å². The standard InChI is InChI=1S/C11H16N2/c1-10(2)13-7-3-4-11-5-8-12-9-6-11/h3-6,8-10,13H,7H2,1-2H3. The average Bonchev–Trinajstić information content (AvgIpc) is 2.14. The molecule has 70 valence electrons. The highest BCUT2D eigenvalue weighted by atomic mass is 14.9. The quantitative estimate of drug-likeness (QED) is 0.760. The van der Waals surface area contributed by atoms with Crippen LogP contribution in [0.3, 0.4) is 0 Å². The average molecular weight is 176 g/mol. The summed E-state index contributed by atoms with van der Waals surface area (Å²) in [6.45, 7) is 5.19. The van der Waals surface area contributed by atoms with Crippen LogP contribution in [0.5, 0.6) is 0 Å². The van der Waals surface area contributed by atoms with E-state index < -0.39 is 0 Å². The molecule has 0 aliphatic carbocycles. The van der Waals surface area contributed by atoms with Gasteiger partial charge in [0, 0.05) is 25.0 Å². The molecule has 1 aromatic heterocycles. The Balaban J connectivity index is 2.33. The second-order valence-electron chi connectivity index (χ2n) is 3.25. The summed E-state index contributed by atoms with van der Waals surface area (Å²) >= 11 is 0. The van der Waals surface area contributed by atoms with Crippen LogP contribution in [0.1, 0.15) is 19.4 Å². The Morgan fingerprint density at radius 3 is 2.69 bits per heavy atom. The molecule has 1 N–H and O–H groups in total. The lowest BCUT2D eigenvalue weighted by Crippen LogP contribution is -2.22. The maximum Gasteiger partial charge on any atom is 0.0273 e. The van der Waals surface area contributed by atoms with Gasteiger partial charge in [0.05, 0.1) is 0 Å². The minimum absolute atomic E-state index is 0.544. The smallest absolute Gasteiger partial charge is 0.0273 e. The highest BCUT2D eigenvalue weighted by molar-refractivity contribution is 5.47. The van der Waals surface area contributed by atoms with Crippen molar-refractivity contribution in [2.45, 2.75) is 19.9 Å². The summed E-state index contributed by atoms with van der Waals surface area (Å²) in [5, 5.41) is 3.31. The Hall–Kier alpha value is -1.15. The fourth-order valence-corrected chi connectivity index (χ4v) is 0.973. The van der Waals surface area contributed by atoms with Crippen molar-refractivity contribution in [3.8, 4) is 0 Å². The number of pyridine rings is 1. The van der Waals surface area contributed by atoms with Crippen LogP contribution in [-0.4, -0.2) is 17.6 Å². The molecule has 0 aromatic carbocycles. The van der Waals surface area contributed by atoms with Gasteiger partial charge >= 0.3 is 0 Å². The molecule has 0 unspecified atom stereocenters. The van der Waals surface area contributed by atoms with Gasteiger partial charge in [-0.1, -0.05) is 26.0 Å². The number of rotatable bonds is 4. The summed E-state index contributed by atoms with van der Waals surface area (Å²) in [7, 11) is 0. The van der Waals surface area contributed by atoms with Crippen LogP contribution in [-0.2, 0) is 0 Å². The maximum absolute atomic E-state index is 3.95. The largest absolute Gasteiger partial charge is 0.311 e. The van der Waals surface area contributed by atoms with Gasteiger partial charge in [0.25, 0.3) is 0 Å². The molecule has 0 aliphatic heterocycles. The van der Waals surface area contributed by atoms with Gasteiger partial charge in [-0.25, -0.2) is 0 Å². The van der Waals surface area contributed by atoms with Gasteiger partial charge in [0.15, 0.2) is 0 Å². The fraction of sp³-hybridized carbons (Fsp3) is 0.364. The molecule has 0 fully saturated rings. The van der Waals surface area contributed by atoms with Crippen molar-refractivity contribution in [1.82, 2.24) is 10.3 Å². The maximum atomic E-state index is 3.95. The Kier molecular flexibility index (Phi) is 4.19. The van der Waals surface area contributed by atoms with E-state index >= 15 is 0 Å². The summed E-state index contributed by atoms with van der Waals surface area (Å²) in [6.07, 6.45) is 7.82. The summed E-state index contributed by atoms with van der Waals surface area (Å²) in [5.41, 5.74) is 1.19. The Labute approximate surface area is 79.7 Å². The molecule has 2 nitrogen and oxygen atoms in total. The second kappa shape index (κ2) is 5.49. The van der Waals surface area contributed by atoms with E-state index in [1.54, 1.807) is 12.4 Å². The van der Waals surface area contributed by atoms with E-state index in [4.69, 9.17) is 0 Å². The van der Waals surface area contributed by atoms with E-state index in [-0.39, 0.29) is 0 Å². The predicted octanol–water partition coefficient (Wildman–Crippen LogP) is 2.09. The molecule has 0 aliphatic rings. The Morgan fingerprint density at radius 1 is 1.38 bits per heavy atom. The van der Waals surface area contributed by atoms with Gasteiger partial charge in [0.1, 0.15) is 0 Å². The highest BCUT2D eigenvalue weighted by Gasteiger charge is 1.87. The molecule has 1 heterocycles. The summed E-state index contributed by atoms with van der Waals surface area (Å²) in [4.78, 5) is 3.95.